The van der Waals surface area contributed by atoms with Crippen LogP contribution in [0.1, 0.15) is 33.1 Å². The lowest BCUT2D eigenvalue weighted by molar-refractivity contribution is 0.135. The fraction of sp³-hybridized carbons (Fsp3) is 0.909. The van der Waals surface area contributed by atoms with Crippen LogP contribution in [0, 0.1) is 5.41 Å². The van der Waals surface area contributed by atoms with Crippen molar-refractivity contribution >= 4 is 5.84 Å². The van der Waals surface area contributed by atoms with Crippen LogP contribution in [0.5, 0.6) is 0 Å². The SMILES string of the molecule is CCCC(=N)N1CCN(C)C(CC)C1. The molecule has 1 aliphatic rings. The van der Waals surface area contributed by atoms with Gasteiger partial charge >= 0.3 is 0 Å². The van der Waals surface area contributed by atoms with E-state index in [-0.39, 0.29) is 0 Å². The summed E-state index contributed by atoms with van der Waals surface area (Å²) in [7, 11) is 2.19. The molecule has 0 saturated carbocycles. The van der Waals surface area contributed by atoms with Crippen LogP contribution in [0.4, 0.5) is 0 Å². The van der Waals surface area contributed by atoms with Crippen LogP contribution in [0.2, 0.25) is 0 Å². The Labute approximate surface area is 87.6 Å². The Balaban J connectivity index is 2.45. The van der Waals surface area contributed by atoms with Crippen LogP contribution < -0.4 is 0 Å². The average Bonchev–Trinajstić information content (AvgIpc) is 2.19. The maximum atomic E-state index is 7.92. The van der Waals surface area contributed by atoms with Crippen LogP contribution in [0.3, 0.4) is 0 Å². The number of rotatable bonds is 3. The predicted molar refractivity (Wildman–Crippen MR) is 60.9 cm³/mol. The molecule has 1 atom stereocenters. The largest absolute Gasteiger partial charge is 0.358 e. The van der Waals surface area contributed by atoms with E-state index >= 15 is 0 Å². The Morgan fingerprint density at radius 3 is 2.64 bits per heavy atom. The van der Waals surface area contributed by atoms with Gasteiger partial charge in [-0.05, 0) is 19.9 Å². The summed E-state index contributed by atoms with van der Waals surface area (Å²) in [6.07, 6.45) is 3.20. The zero-order chi connectivity index (χ0) is 10.6. The first kappa shape index (κ1) is 11.5. The molecule has 0 spiro atoms. The van der Waals surface area contributed by atoms with Crippen molar-refractivity contribution < 1.29 is 0 Å². The van der Waals surface area contributed by atoms with Gasteiger partial charge in [0.25, 0.3) is 0 Å². The van der Waals surface area contributed by atoms with Crippen molar-refractivity contribution in [3.8, 4) is 0 Å². The lowest BCUT2D eigenvalue weighted by Crippen LogP contribution is -2.52. The minimum atomic E-state index is 0.640. The molecule has 0 aromatic heterocycles. The molecular formula is C11H23N3. The Bertz CT molecular complexity index is 191. The highest BCUT2D eigenvalue weighted by Gasteiger charge is 2.23. The average molecular weight is 197 g/mol. The van der Waals surface area contributed by atoms with Crippen LogP contribution in [0.15, 0.2) is 0 Å². The molecule has 1 aliphatic heterocycles. The van der Waals surface area contributed by atoms with Gasteiger partial charge in [0.15, 0.2) is 0 Å². The Morgan fingerprint density at radius 2 is 2.07 bits per heavy atom. The van der Waals surface area contributed by atoms with Gasteiger partial charge in [-0.2, -0.15) is 0 Å². The van der Waals surface area contributed by atoms with E-state index in [0.717, 1.165) is 38.3 Å². The van der Waals surface area contributed by atoms with E-state index in [0.29, 0.717) is 6.04 Å². The van der Waals surface area contributed by atoms with Crippen LogP contribution in [-0.2, 0) is 0 Å². The molecule has 1 rings (SSSR count). The third-order valence-electron chi connectivity index (χ3n) is 3.12. The van der Waals surface area contributed by atoms with Gasteiger partial charge in [0.1, 0.15) is 0 Å². The zero-order valence-corrected chi connectivity index (χ0v) is 9.71. The highest BCUT2D eigenvalue weighted by atomic mass is 15.3. The topological polar surface area (TPSA) is 30.3 Å². The first-order chi connectivity index (χ1) is 6.69. The van der Waals surface area contributed by atoms with E-state index in [2.05, 4.69) is 30.7 Å². The van der Waals surface area contributed by atoms with Crippen molar-refractivity contribution in [2.24, 2.45) is 0 Å². The van der Waals surface area contributed by atoms with Crippen molar-refractivity contribution in [2.75, 3.05) is 26.7 Å². The summed E-state index contributed by atoms with van der Waals surface area (Å²) < 4.78 is 0. The van der Waals surface area contributed by atoms with Crippen LogP contribution in [-0.4, -0.2) is 48.4 Å². The molecule has 0 bridgehead atoms. The number of likely N-dealkylation sites (N-methyl/N-ethyl adjacent to an activating group) is 1. The Kier molecular flexibility index (Phi) is 4.39. The number of hydrogen-bond donors (Lipinski definition) is 1. The third-order valence-corrected chi connectivity index (χ3v) is 3.12. The fourth-order valence-corrected chi connectivity index (χ4v) is 2.03. The van der Waals surface area contributed by atoms with Gasteiger partial charge in [0, 0.05) is 32.1 Å². The van der Waals surface area contributed by atoms with Crippen molar-refractivity contribution in [1.82, 2.24) is 9.80 Å². The van der Waals surface area contributed by atoms with Crippen molar-refractivity contribution in [1.29, 1.82) is 5.41 Å². The molecule has 0 radical (unpaired) electrons. The molecule has 0 amide bonds. The minimum Gasteiger partial charge on any atom is -0.358 e. The van der Waals surface area contributed by atoms with E-state index in [1.807, 2.05) is 0 Å². The lowest BCUT2D eigenvalue weighted by Gasteiger charge is -2.40. The molecular weight excluding hydrogens is 174 g/mol. The first-order valence-corrected chi connectivity index (χ1v) is 5.71. The highest BCUT2D eigenvalue weighted by molar-refractivity contribution is 5.79. The second-order valence-corrected chi connectivity index (χ2v) is 4.19. The second kappa shape index (κ2) is 5.35. The minimum absolute atomic E-state index is 0.640. The Hall–Kier alpha value is -0.570. The van der Waals surface area contributed by atoms with Crippen LogP contribution >= 0.6 is 0 Å². The first-order valence-electron chi connectivity index (χ1n) is 5.71. The number of piperazine rings is 1. The van der Waals surface area contributed by atoms with E-state index in [9.17, 15) is 0 Å². The maximum Gasteiger partial charge on any atom is 0.0958 e. The smallest absolute Gasteiger partial charge is 0.0958 e. The summed E-state index contributed by atoms with van der Waals surface area (Å²) in [6.45, 7) is 7.55. The molecule has 1 heterocycles. The van der Waals surface area contributed by atoms with Gasteiger partial charge in [-0.15, -0.1) is 0 Å². The van der Waals surface area contributed by atoms with Gasteiger partial charge in [-0.3, -0.25) is 10.3 Å². The van der Waals surface area contributed by atoms with Gasteiger partial charge in [-0.25, -0.2) is 0 Å². The van der Waals surface area contributed by atoms with E-state index in [1.165, 1.54) is 6.42 Å². The van der Waals surface area contributed by atoms with Crippen molar-refractivity contribution in [3.05, 3.63) is 0 Å². The normalized spacial score (nSPS) is 23.9. The number of nitrogens with one attached hydrogen (secondary N) is 1. The van der Waals surface area contributed by atoms with Gasteiger partial charge < -0.3 is 4.90 Å². The van der Waals surface area contributed by atoms with Crippen LogP contribution in [0.25, 0.3) is 0 Å². The summed E-state index contributed by atoms with van der Waals surface area (Å²) in [5.74, 6) is 0.832. The predicted octanol–water partition coefficient (Wildman–Crippen LogP) is 1.79. The monoisotopic (exact) mass is 197 g/mol. The molecule has 1 saturated heterocycles. The summed E-state index contributed by atoms with van der Waals surface area (Å²) in [5, 5.41) is 7.92. The zero-order valence-electron chi connectivity index (χ0n) is 9.71. The molecule has 1 fully saturated rings. The van der Waals surface area contributed by atoms with E-state index < -0.39 is 0 Å². The molecule has 82 valence electrons. The summed E-state index contributed by atoms with van der Waals surface area (Å²) in [5.41, 5.74) is 0. The van der Waals surface area contributed by atoms with Crippen molar-refractivity contribution in [2.45, 2.75) is 39.2 Å². The fourth-order valence-electron chi connectivity index (χ4n) is 2.03. The third kappa shape index (κ3) is 2.71. The molecule has 1 unspecified atom stereocenters. The highest BCUT2D eigenvalue weighted by Crippen LogP contribution is 2.12. The molecule has 14 heavy (non-hydrogen) atoms. The van der Waals surface area contributed by atoms with E-state index in [1.54, 1.807) is 0 Å². The van der Waals surface area contributed by atoms with Gasteiger partial charge in [-0.1, -0.05) is 13.8 Å². The summed E-state index contributed by atoms with van der Waals surface area (Å²) >= 11 is 0. The van der Waals surface area contributed by atoms with Crippen molar-refractivity contribution in [3.63, 3.8) is 0 Å². The molecule has 0 aliphatic carbocycles. The number of hydrogen-bond acceptors (Lipinski definition) is 2. The van der Waals surface area contributed by atoms with Gasteiger partial charge in [0.05, 0.1) is 5.84 Å². The number of nitrogens with zero attached hydrogens (tertiary/aromatic N) is 2. The molecule has 1 N–H and O–H groups in total. The molecule has 0 aromatic carbocycles. The maximum absolute atomic E-state index is 7.92. The standard InChI is InChI=1S/C11H23N3/c1-4-6-11(12)14-8-7-13(3)10(5-2)9-14/h10,12H,4-9H2,1-3H3. The van der Waals surface area contributed by atoms with E-state index in [4.69, 9.17) is 5.41 Å². The molecule has 0 aromatic rings. The summed E-state index contributed by atoms with van der Waals surface area (Å²) in [4.78, 5) is 4.66. The van der Waals surface area contributed by atoms with Gasteiger partial charge in [0.2, 0.25) is 0 Å². The molecule has 3 heteroatoms. The second-order valence-electron chi connectivity index (χ2n) is 4.19. The quantitative estimate of drug-likeness (QED) is 0.552. The number of amidine groups is 1. The summed E-state index contributed by atoms with van der Waals surface area (Å²) in [6, 6.07) is 0.640. The molecule has 3 nitrogen and oxygen atoms in total. The Morgan fingerprint density at radius 1 is 1.36 bits per heavy atom. The lowest BCUT2D eigenvalue weighted by atomic mass is 10.1.